The van der Waals surface area contributed by atoms with E-state index in [2.05, 4.69) is 5.32 Å². The van der Waals surface area contributed by atoms with E-state index in [1.165, 1.54) is 0 Å². The van der Waals surface area contributed by atoms with E-state index in [0.717, 1.165) is 0 Å². The molecule has 0 aliphatic rings. The molecule has 0 spiro atoms. The van der Waals surface area contributed by atoms with E-state index in [1.807, 2.05) is 45.9 Å². The second kappa shape index (κ2) is 9.71. The number of hydrogen-bond donors (Lipinski definition) is 1. The number of nitrogens with zero attached hydrogens (tertiary/aromatic N) is 3. The van der Waals surface area contributed by atoms with Crippen LogP contribution in [0.4, 0.5) is 10.5 Å². The van der Waals surface area contributed by atoms with Crippen LogP contribution in [-0.4, -0.2) is 26.5 Å². The predicted molar refractivity (Wildman–Crippen MR) is 127 cm³/mol. The Bertz CT molecular complexity index is 1160. The molecule has 0 radical (unpaired) electrons. The first kappa shape index (κ1) is 23.1. The minimum Gasteiger partial charge on any atom is -0.312 e. The molecule has 164 valence electrons. The first-order valence-electron chi connectivity index (χ1n) is 10.3. The number of benzene rings is 2. The fourth-order valence-corrected chi connectivity index (χ4v) is 4.11. The Labute approximate surface area is 191 Å². The highest BCUT2D eigenvalue weighted by atomic mass is 35.5. The summed E-state index contributed by atoms with van der Waals surface area (Å²) in [5.41, 5.74) is 0.940. The lowest BCUT2D eigenvalue weighted by Crippen LogP contribution is -2.44. The number of amides is 2. The molecule has 0 bridgehead atoms. The van der Waals surface area contributed by atoms with E-state index in [4.69, 9.17) is 28.2 Å². The molecular formula is C23H26Cl2N4O2. The minimum atomic E-state index is -0.407. The number of hydrogen-bond acceptors (Lipinski definition) is 3. The van der Waals surface area contributed by atoms with E-state index in [1.54, 1.807) is 33.7 Å². The zero-order chi connectivity index (χ0) is 22.7. The molecule has 31 heavy (non-hydrogen) atoms. The van der Waals surface area contributed by atoms with Crippen LogP contribution in [0.5, 0.6) is 0 Å². The van der Waals surface area contributed by atoms with Gasteiger partial charge >= 0.3 is 6.03 Å². The summed E-state index contributed by atoms with van der Waals surface area (Å²) in [4.78, 5) is 32.9. The zero-order valence-corrected chi connectivity index (χ0v) is 19.5. The van der Waals surface area contributed by atoms with Crippen LogP contribution < -0.4 is 10.9 Å². The molecule has 0 aliphatic carbocycles. The molecule has 0 saturated heterocycles. The van der Waals surface area contributed by atoms with Crippen LogP contribution >= 0.6 is 23.2 Å². The number of fused-ring (bicyclic) bond motifs is 1. The molecule has 3 aromatic rings. The van der Waals surface area contributed by atoms with Crippen LogP contribution in [0.2, 0.25) is 10.0 Å². The summed E-state index contributed by atoms with van der Waals surface area (Å²) < 4.78 is 1.64. The Hall–Kier alpha value is -2.57. The van der Waals surface area contributed by atoms with E-state index < -0.39 is 6.04 Å². The number of para-hydroxylation sites is 1. The molecule has 6 nitrogen and oxygen atoms in total. The minimum absolute atomic E-state index is 0.108. The fourth-order valence-electron chi connectivity index (χ4n) is 3.76. The summed E-state index contributed by atoms with van der Waals surface area (Å²) in [7, 11) is 0. The van der Waals surface area contributed by atoms with Crippen LogP contribution in [0.1, 0.15) is 46.0 Å². The summed E-state index contributed by atoms with van der Waals surface area (Å²) in [6.07, 6.45) is 0.583. The molecule has 1 N–H and O–H groups in total. The van der Waals surface area contributed by atoms with Crippen molar-refractivity contribution in [3.8, 4) is 0 Å². The normalized spacial score (nSPS) is 12.2. The lowest BCUT2D eigenvalue weighted by Gasteiger charge is -2.35. The number of aromatic nitrogens is 2. The lowest BCUT2D eigenvalue weighted by molar-refractivity contribution is 0.158. The zero-order valence-electron chi connectivity index (χ0n) is 18.0. The maximum absolute atomic E-state index is 13.3. The molecule has 1 atom stereocenters. The lowest BCUT2D eigenvalue weighted by atomic mass is 10.1. The van der Waals surface area contributed by atoms with Gasteiger partial charge in [-0.1, -0.05) is 48.3 Å². The second-order valence-corrected chi connectivity index (χ2v) is 8.28. The predicted octanol–water partition coefficient (Wildman–Crippen LogP) is 6.12. The average Bonchev–Trinajstić information content (AvgIpc) is 2.74. The van der Waals surface area contributed by atoms with Crippen LogP contribution in [0, 0.1) is 0 Å². The Kier molecular flexibility index (Phi) is 7.23. The van der Waals surface area contributed by atoms with Gasteiger partial charge in [0.15, 0.2) is 0 Å². The molecule has 2 aromatic carbocycles. The van der Waals surface area contributed by atoms with E-state index in [9.17, 15) is 9.59 Å². The van der Waals surface area contributed by atoms with Crippen molar-refractivity contribution >= 4 is 45.8 Å². The summed E-state index contributed by atoms with van der Waals surface area (Å²) >= 11 is 12.4. The topological polar surface area (TPSA) is 67.2 Å². The van der Waals surface area contributed by atoms with Gasteiger partial charge < -0.3 is 10.2 Å². The summed E-state index contributed by atoms with van der Waals surface area (Å²) in [6, 6.07) is 11.4. The molecule has 0 aliphatic heterocycles. The third kappa shape index (κ3) is 4.55. The number of carbonyl (C=O) groups excluding carboxylic acids is 1. The largest absolute Gasteiger partial charge is 0.322 e. The number of rotatable bonds is 6. The van der Waals surface area contributed by atoms with Gasteiger partial charge in [-0.2, -0.15) is 0 Å². The Morgan fingerprint density at radius 2 is 1.84 bits per heavy atom. The van der Waals surface area contributed by atoms with Crippen LogP contribution in [0.25, 0.3) is 10.9 Å². The molecule has 0 fully saturated rings. The third-order valence-electron chi connectivity index (χ3n) is 5.21. The van der Waals surface area contributed by atoms with Gasteiger partial charge in [-0.3, -0.25) is 9.36 Å². The van der Waals surface area contributed by atoms with Gasteiger partial charge in [-0.25, -0.2) is 9.78 Å². The van der Waals surface area contributed by atoms with Gasteiger partial charge in [0.2, 0.25) is 0 Å². The van der Waals surface area contributed by atoms with Gasteiger partial charge in [-0.05, 0) is 51.5 Å². The van der Waals surface area contributed by atoms with Crippen LogP contribution in [0.15, 0.2) is 47.3 Å². The first-order valence-corrected chi connectivity index (χ1v) is 11.1. The van der Waals surface area contributed by atoms with Crippen molar-refractivity contribution in [1.29, 1.82) is 0 Å². The van der Waals surface area contributed by atoms with Crippen molar-refractivity contribution in [2.75, 3.05) is 5.32 Å². The van der Waals surface area contributed by atoms with E-state index in [0.29, 0.717) is 40.4 Å². The van der Waals surface area contributed by atoms with Gasteiger partial charge in [0.1, 0.15) is 5.82 Å². The van der Waals surface area contributed by atoms with Gasteiger partial charge in [0, 0.05) is 12.6 Å². The smallest absolute Gasteiger partial charge is 0.312 e. The quantitative estimate of drug-likeness (QED) is 0.481. The Morgan fingerprint density at radius 1 is 1.13 bits per heavy atom. The van der Waals surface area contributed by atoms with Crippen molar-refractivity contribution in [3.05, 3.63) is 68.7 Å². The number of carbonyl (C=O) groups is 1. The van der Waals surface area contributed by atoms with Gasteiger partial charge in [-0.15, -0.1) is 0 Å². The third-order valence-corrected chi connectivity index (χ3v) is 6.03. The van der Waals surface area contributed by atoms with Crippen molar-refractivity contribution in [2.24, 2.45) is 0 Å². The van der Waals surface area contributed by atoms with Crippen molar-refractivity contribution in [3.63, 3.8) is 0 Å². The highest BCUT2D eigenvalue weighted by Crippen LogP contribution is 2.31. The van der Waals surface area contributed by atoms with Crippen molar-refractivity contribution < 1.29 is 4.79 Å². The number of nitrogens with one attached hydrogen (secondary N) is 1. The van der Waals surface area contributed by atoms with Crippen LogP contribution in [-0.2, 0) is 6.54 Å². The monoisotopic (exact) mass is 460 g/mol. The molecule has 3 rings (SSSR count). The highest BCUT2D eigenvalue weighted by molar-refractivity contribution is 6.43. The van der Waals surface area contributed by atoms with Gasteiger partial charge in [0.05, 0.1) is 32.7 Å². The second-order valence-electron chi connectivity index (χ2n) is 7.49. The van der Waals surface area contributed by atoms with Crippen molar-refractivity contribution in [2.45, 2.75) is 52.7 Å². The Balaban J connectivity index is 2.08. The molecule has 1 aromatic heterocycles. The number of halogens is 2. The molecule has 1 unspecified atom stereocenters. The van der Waals surface area contributed by atoms with Crippen LogP contribution in [0.3, 0.4) is 0 Å². The average molecular weight is 461 g/mol. The summed E-state index contributed by atoms with van der Waals surface area (Å²) in [5.74, 6) is 0.565. The summed E-state index contributed by atoms with van der Waals surface area (Å²) in [5, 5.41) is 4.07. The highest BCUT2D eigenvalue weighted by Gasteiger charge is 2.30. The standard InChI is InChI=1S/C23H26Cl2N4O2/c1-5-19(21-26-17-12-8-7-10-15(17)22(30)28(21)6-2)29(14(3)4)23(31)27-18-13-9-11-16(24)20(18)25/h7-14,19H,5-6H2,1-4H3,(H,27,31). The summed E-state index contributed by atoms with van der Waals surface area (Å²) in [6.45, 7) is 8.19. The SMILES string of the molecule is CCC(c1nc2ccccc2c(=O)n1CC)N(C(=O)Nc1cccc(Cl)c1Cl)C(C)C. The number of anilines is 1. The first-order chi connectivity index (χ1) is 14.8. The maximum atomic E-state index is 13.3. The molecular weight excluding hydrogens is 435 g/mol. The van der Waals surface area contributed by atoms with Crippen molar-refractivity contribution in [1.82, 2.24) is 14.5 Å². The van der Waals surface area contributed by atoms with E-state index in [-0.39, 0.29) is 22.7 Å². The van der Waals surface area contributed by atoms with Gasteiger partial charge in [0.25, 0.3) is 5.56 Å². The Morgan fingerprint density at radius 3 is 2.48 bits per heavy atom. The molecule has 0 saturated carbocycles. The number of urea groups is 1. The fraction of sp³-hybridized carbons (Fsp3) is 0.348. The van der Waals surface area contributed by atoms with E-state index >= 15 is 0 Å². The maximum Gasteiger partial charge on any atom is 0.322 e. The molecule has 2 amide bonds. The molecule has 8 heteroatoms. The molecule has 1 heterocycles.